The van der Waals surface area contributed by atoms with Crippen LogP contribution in [0.5, 0.6) is 0 Å². The molecule has 2 rings (SSSR count). The fourth-order valence-electron chi connectivity index (χ4n) is 2.13. The van der Waals surface area contributed by atoms with Gasteiger partial charge < -0.3 is 5.32 Å². The minimum atomic E-state index is -0.902. The number of anilines is 1. The predicted molar refractivity (Wildman–Crippen MR) is 78.7 cm³/mol. The normalized spacial score (nSPS) is 14.6. The second-order valence-electron chi connectivity index (χ2n) is 5.28. The van der Waals surface area contributed by atoms with Gasteiger partial charge in [0.25, 0.3) is 5.91 Å². The Labute approximate surface area is 127 Å². The van der Waals surface area contributed by atoms with E-state index >= 15 is 0 Å². The van der Waals surface area contributed by atoms with Crippen molar-refractivity contribution in [3.8, 4) is 0 Å². The summed E-state index contributed by atoms with van der Waals surface area (Å²) in [5.41, 5.74) is 11.2. The second-order valence-corrected chi connectivity index (χ2v) is 5.28. The zero-order valence-corrected chi connectivity index (χ0v) is 11.9. The van der Waals surface area contributed by atoms with Crippen LogP contribution in [0.3, 0.4) is 0 Å². The van der Waals surface area contributed by atoms with E-state index in [2.05, 4.69) is 15.3 Å². The first-order valence-electron chi connectivity index (χ1n) is 6.98. The van der Waals surface area contributed by atoms with Crippen molar-refractivity contribution < 1.29 is 14.8 Å². The summed E-state index contributed by atoms with van der Waals surface area (Å²) in [4.78, 5) is 26.5. The topological polar surface area (TPSA) is 127 Å². The Balaban J connectivity index is 1.98. The summed E-state index contributed by atoms with van der Waals surface area (Å²) in [6, 6.07) is 6.80. The summed E-state index contributed by atoms with van der Waals surface area (Å²) in [5, 5.41) is 14.9. The third-order valence-corrected chi connectivity index (χ3v) is 3.55. The van der Waals surface area contributed by atoms with Crippen molar-refractivity contribution in [2.45, 2.75) is 25.8 Å². The molecule has 1 saturated carbocycles. The lowest BCUT2D eigenvalue weighted by Crippen LogP contribution is -2.37. The lowest BCUT2D eigenvalue weighted by Gasteiger charge is -2.14. The first-order valence-corrected chi connectivity index (χ1v) is 6.98. The van der Waals surface area contributed by atoms with Crippen LogP contribution in [0.2, 0.25) is 0 Å². The quantitative estimate of drug-likeness (QED) is 0.179. The highest BCUT2D eigenvalue weighted by Crippen LogP contribution is 2.35. The van der Waals surface area contributed by atoms with E-state index < -0.39 is 17.7 Å². The molecule has 1 aliphatic carbocycles. The fourth-order valence-corrected chi connectivity index (χ4v) is 2.13. The van der Waals surface area contributed by atoms with Crippen LogP contribution in [0.15, 0.2) is 29.4 Å². The van der Waals surface area contributed by atoms with Crippen LogP contribution in [-0.4, -0.2) is 17.0 Å². The molecule has 0 radical (unpaired) electrons. The van der Waals surface area contributed by atoms with Gasteiger partial charge >= 0.3 is 0 Å². The molecule has 8 heteroatoms. The highest BCUT2D eigenvalue weighted by Gasteiger charge is 2.33. The highest BCUT2D eigenvalue weighted by molar-refractivity contribution is 6.06. The lowest BCUT2D eigenvalue weighted by atomic mass is 10.0. The third-order valence-electron chi connectivity index (χ3n) is 3.55. The van der Waals surface area contributed by atoms with E-state index in [9.17, 15) is 9.59 Å². The molecule has 1 fully saturated rings. The molecule has 0 saturated heterocycles. The number of rotatable bonds is 7. The molecule has 0 bridgehead atoms. The van der Waals surface area contributed by atoms with Crippen molar-refractivity contribution in [1.82, 2.24) is 5.48 Å². The molecule has 1 aromatic carbocycles. The van der Waals surface area contributed by atoms with Crippen molar-refractivity contribution in [1.29, 1.82) is 0 Å². The van der Waals surface area contributed by atoms with Crippen molar-refractivity contribution in [2.24, 2.45) is 17.0 Å². The first kappa shape index (κ1) is 15.8. The maximum absolute atomic E-state index is 12.2. The van der Waals surface area contributed by atoms with E-state index in [0.717, 1.165) is 18.4 Å². The van der Waals surface area contributed by atoms with Crippen molar-refractivity contribution >= 4 is 17.5 Å². The fraction of sp³-hybridized carbons (Fsp3) is 0.429. The van der Waals surface area contributed by atoms with Gasteiger partial charge in [-0.3, -0.25) is 14.8 Å². The van der Waals surface area contributed by atoms with Gasteiger partial charge in [0.15, 0.2) is 0 Å². The van der Waals surface area contributed by atoms with Gasteiger partial charge in [-0.2, -0.15) is 0 Å². The maximum Gasteiger partial charge on any atom is 0.255 e. The Hall–Kier alpha value is -2.57. The molecule has 0 spiro atoms. The molecule has 116 valence electrons. The summed E-state index contributed by atoms with van der Waals surface area (Å²) >= 11 is 0. The van der Waals surface area contributed by atoms with Crippen LogP contribution < -0.4 is 10.8 Å². The van der Waals surface area contributed by atoms with Crippen molar-refractivity contribution in [2.75, 3.05) is 5.32 Å². The van der Waals surface area contributed by atoms with Gasteiger partial charge in [0.2, 0.25) is 5.91 Å². The molecule has 1 aromatic rings. The lowest BCUT2D eigenvalue weighted by molar-refractivity contribution is -0.139. The summed E-state index contributed by atoms with van der Waals surface area (Å²) in [5.74, 6) is -1.66. The number of amides is 2. The van der Waals surface area contributed by atoms with E-state index in [-0.39, 0.29) is 6.54 Å². The minimum absolute atomic E-state index is 0.238. The Bertz CT molecular complexity index is 591. The van der Waals surface area contributed by atoms with Crippen LogP contribution in [0.25, 0.3) is 10.4 Å². The number of carbonyl (C=O) groups is 2. The van der Waals surface area contributed by atoms with Crippen LogP contribution in [-0.2, 0) is 16.1 Å². The van der Waals surface area contributed by atoms with Gasteiger partial charge in [0.05, 0.1) is 6.54 Å². The summed E-state index contributed by atoms with van der Waals surface area (Å²) in [6.45, 7) is 0.238. The zero-order chi connectivity index (χ0) is 15.9. The monoisotopic (exact) mass is 303 g/mol. The number of benzene rings is 1. The Kier molecular flexibility index (Phi) is 5.35. The average molecular weight is 303 g/mol. The maximum atomic E-state index is 12.2. The van der Waals surface area contributed by atoms with E-state index in [0.29, 0.717) is 18.0 Å². The molecule has 1 aliphatic rings. The van der Waals surface area contributed by atoms with Gasteiger partial charge in [-0.1, -0.05) is 30.1 Å². The molecule has 22 heavy (non-hydrogen) atoms. The average Bonchev–Trinajstić information content (AvgIpc) is 3.35. The van der Waals surface area contributed by atoms with Crippen LogP contribution in [0, 0.1) is 11.8 Å². The third kappa shape index (κ3) is 4.47. The number of hydroxylamine groups is 1. The smallest absolute Gasteiger partial charge is 0.255 e. The number of nitrogens with zero attached hydrogens (tertiary/aromatic N) is 3. The van der Waals surface area contributed by atoms with Crippen molar-refractivity contribution in [3.05, 3.63) is 40.3 Å². The number of hydrogen-bond donors (Lipinski definition) is 3. The number of hydrogen-bond acceptors (Lipinski definition) is 4. The summed E-state index contributed by atoms with van der Waals surface area (Å²) < 4.78 is 0. The molecule has 0 aromatic heterocycles. The largest absolute Gasteiger partial charge is 0.325 e. The number of carbonyl (C=O) groups excluding carboxylic acids is 2. The number of azide groups is 1. The molecule has 1 unspecified atom stereocenters. The van der Waals surface area contributed by atoms with Gasteiger partial charge in [-0.25, -0.2) is 5.48 Å². The van der Waals surface area contributed by atoms with E-state index in [1.807, 2.05) is 0 Å². The zero-order valence-electron chi connectivity index (χ0n) is 11.9. The predicted octanol–water partition coefficient (Wildman–Crippen LogP) is 2.36. The molecular formula is C14H17N5O3. The Morgan fingerprint density at radius 1 is 1.32 bits per heavy atom. The molecule has 3 N–H and O–H groups in total. The molecule has 0 aliphatic heterocycles. The van der Waals surface area contributed by atoms with Crippen molar-refractivity contribution in [3.63, 3.8) is 0 Å². The van der Waals surface area contributed by atoms with Gasteiger partial charge in [0, 0.05) is 10.6 Å². The van der Waals surface area contributed by atoms with E-state index in [1.54, 1.807) is 29.7 Å². The van der Waals surface area contributed by atoms with Crippen LogP contribution in [0.1, 0.15) is 24.8 Å². The van der Waals surface area contributed by atoms with E-state index in [1.165, 1.54) is 0 Å². The first-order chi connectivity index (χ1) is 10.6. The van der Waals surface area contributed by atoms with Crippen LogP contribution in [0.4, 0.5) is 5.69 Å². The molecule has 0 heterocycles. The standard InChI is InChI=1S/C14H17N5O3/c15-19-16-8-10-3-5-11(6-4-10)17-13(20)12(14(21)18-22)7-9-1-2-9/h3-6,9,12,22H,1-2,7-8H2,(H,17,20)(H,18,21). The summed E-state index contributed by atoms with van der Waals surface area (Å²) in [7, 11) is 0. The molecule has 8 nitrogen and oxygen atoms in total. The van der Waals surface area contributed by atoms with Crippen LogP contribution >= 0.6 is 0 Å². The second kappa shape index (κ2) is 7.44. The Morgan fingerprint density at radius 3 is 2.55 bits per heavy atom. The summed E-state index contributed by atoms with van der Waals surface area (Å²) in [6.07, 6.45) is 2.46. The highest BCUT2D eigenvalue weighted by atomic mass is 16.5. The SMILES string of the molecule is [N-]=[N+]=NCc1ccc(NC(=O)C(CC2CC2)C(=O)NO)cc1. The minimum Gasteiger partial charge on any atom is -0.325 e. The van der Waals surface area contributed by atoms with Gasteiger partial charge in [0.1, 0.15) is 5.92 Å². The van der Waals surface area contributed by atoms with E-state index in [4.69, 9.17) is 10.7 Å². The molecular weight excluding hydrogens is 286 g/mol. The Morgan fingerprint density at radius 2 is 2.00 bits per heavy atom. The van der Waals surface area contributed by atoms with Gasteiger partial charge in [-0.05, 0) is 35.6 Å². The van der Waals surface area contributed by atoms with Gasteiger partial charge in [-0.15, -0.1) is 0 Å². The molecule has 1 atom stereocenters. The number of nitrogens with one attached hydrogen (secondary N) is 2. The molecule has 2 amide bonds.